The lowest BCUT2D eigenvalue weighted by Crippen LogP contribution is -2.45. The minimum absolute atomic E-state index is 0.0119. The lowest BCUT2D eigenvalue weighted by Gasteiger charge is -2.40. The van der Waals surface area contributed by atoms with E-state index in [0.29, 0.717) is 30.2 Å². The SMILES string of the molecule is COC(=O)CCCC/C=C\[C@@H]1[C@@H](/C=C/[C@H](COc2cccc(Cl)c2)O[Si](C)(C)C(C)(C)C)[C@H](O[Si](C)(C)C(C)(C)C)C[C@H]1O. The van der Waals surface area contributed by atoms with Crippen molar-refractivity contribution in [3.05, 3.63) is 53.6 Å². The van der Waals surface area contributed by atoms with E-state index in [1.165, 1.54) is 7.11 Å². The zero-order valence-corrected chi connectivity index (χ0v) is 31.9. The van der Waals surface area contributed by atoms with E-state index in [1.54, 1.807) is 0 Å². The number of unbranched alkanes of at least 4 members (excludes halogenated alkanes) is 2. The number of esters is 1. The number of halogens is 1. The minimum atomic E-state index is -2.13. The summed E-state index contributed by atoms with van der Waals surface area (Å²) in [5, 5.41) is 12.0. The summed E-state index contributed by atoms with van der Waals surface area (Å²) in [4.78, 5) is 11.5. The normalized spacial score (nSPS) is 22.6. The number of carbonyl (C=O) groups excluding carboxylic acids is 1. The van der Waals surface area contributed by atoms with Crippen LogP contribution in [0, 0.1) is 11.8 Å². The molecule has 1 N–H and O–H groups in total. The molecule has 44 heavy (non-hydrogen) atoms. The highest BCUT2D eigenvalue weighted by Crippen LogP contribution is 2.44. The molecular formula is C35H59ClO6Si2. The summed E-state index contributed by atoms with van der Waals surface area (Å²) in [6.07, 6.45) is 11.3. The van der Waals surface area contributed by atoms with Gasteiger partial charge >= 0.3 is 5.97 Å². The third-order valence-corrected chi connectivity index (χ3v) is 18.9. The fourth-order valence-corrected chi connectivity index (χ4v) is 7.61. The highest BCUT2D eigenvalue weighted by molar-refractivity contribution is 6.74. The molecular weight excluding hydrogens is 608 g/mol. The van der Waals surface area contributed by atoms with E-state index in [-0.39, 0.29) is 40.1 Å². The largest absolute Gasteiger partial charge is 0.491 e. The van der Waals surface area contributed by atoms with Gasteiger partial charge in [0.15, 0.2) is 16.6 Å². The van der Waals surface area contributed by atoms with Gasteiger partial charge in [-0.15, -0.1) is 0 Å². The number of benzene rings is 1. The van der Waals surface area contributed by atoms with Crippen LogP contribution in [-0.2, 0) is 18.4 Å². The maximum atomic E-state index is 11.5. The van der Waals surface area contributed by atoms with Gasteiger partial charge in [-0.05, 0) is 80.1 Å². The molecule has 6 nitrogen and oxygen atoms in total. The Morgan fingerprint density at radius 1 is 1.02 bits per heavy atom. The molecule has 0 unspecified atom stereocenters. The number of ether oxygens (including phenoxy) is 2. The third kappa shape index (κ3) is 11.7. The van der Waals surface area contributed by atoms with E-state index in [2.05, 4.69) is 92.0 Å². The molecule has 0 amide bonds. The predicted octanol–water partition coefficient (Wildman–Crippen LogP) is 9.34. The van der Waals surface area contributed by atoms with Gasteiger partial charge in [-0.25, -0.2) is 0 Å². The minimum Gasteiger partial charge on any atom is -0.491 e. The first-order valence-electron chi connectivity index (χ1n) is 16.1. The van der Waals surface area contributed by atoms with Crippen LogP contribution in [0.2, 0.25) is 41.3 Å². The van der Waals surface area contributed by atoms with Crippen LogP contribution in [0.5, 0.6) is 5.75 Å². The van der Waals surface area contributed by atoms with Crippen LogP contribution in [0.3, 0.4) is 0 Å². The molecule has 250 valence electrons. The molecule has 0 aromatic heterocycles. The monoisotopic (exact) mass is 666 g/mol. The number of hydrogen-bond acceptors (Lipinski definition) is 6. The lowest BCUT2D eigenvalue weighted by molar-refractivity contribution is -0.140. The molecule has 0 heterocycles. The van der Waals surface area contributed by atoms with Crippen molar-refractivity contribution in [3.8, 4) is 5.75 Å². The fraction of sp³-hybridized carbons (Fsp3) is 0.686. The van der Waals surface area contributed by atoms with E-state index in [9.17, 15) is 9.90 Å². The van der Waals surface area contributed by atoms with Crippen molar-refractivity contribution >= 4 is 34.2 Å². The van der Waals surface area contributed by atoms with E-state index in [0.717, 1.165) is 19.3 Å². The van der Waals surface area contributed by atoms with Crippen LogP contribution in [0.15, 0.2) is 48.6 Å². The highest BCUT2D eigenvalue weighted by Gasteiger charge is 2.46. The Hall–Kier alpha value is -1.43. The smallest absolute Gasteiger partial charge is 0.305 e. The van der Waals surface area contributed by atoms with E-state index in [4.69, 9.17) is 29.9 Å². The van der Waals surface area contributed by atoms with E-state index >= 15 is 0 Å². The van der Waals surface area contributed by atoms with Crippen LogP contribution in [0.1, 0.15) is 73.6 Å². The second kappa shape index (κ2) is 16.4. The molecule has 0 spiro atoms. The average molecular weight is 667 g/mol. The summed E-state index contributed by atoms with van der Waals surface area (Å²) in [6.45, 7) is 22.9. The number of aliphatic hydroxyl groups excluding tert-OH is 1. The van der Waals surface area contributed by atoms with Gasteiger partial charge in [0.2, 0.25) is 0 Å². The van der Waals surface area contributed by atoms with Crippen molar-refractivity contribution in [1.29, 1.82) is 0 Å². The molecule has 0 radical (unpaired) electrons. The van der Waals surface area contributed by atoms with Crippen molar-refractivity contribution in [1.82, 2.24) is 0 Å². The summed E-state index contributed by atoms with van der Waals surface area (Å²) in [7, 11) is -2.80. The molecule has 1 saturated carbocycles. The van der Waals surface area contributed by atoms with Crippen LogP contribution in [0.4, 0.5) is 0 Å². The van der Waals surface area contributed by atoms with Crippen molar-refractivity contribution in [2.45, 2.75) is 128 Å². The summed E-state index contributed by atoms with van der Waals surface area (Å²) in [5.74, 6) is 0.439. The molecule has 2 rings (SSSR count). The van der Waals surface area contributed by atoms with Crippen LogP contribution < -0.4 is 4.74 Å². The van der Waals surface area contributed by atoms with Crippen LogP contribution in [-0.4, -0.2) is 59.7 Å². The van der Waals surface area contributed by atoms with Gasteiger partial charge < -0.3 is 23.4 Å². The van der Waals surface area contributed by atoms with Gasteiger partial charge in [0.05, 0.1) is 25.4 Å². The van der Waals surface area contributed by atoms with Gasteiger partial charge in [-0.3, -0.25) is 4.79 Å². The zero-order valence-electron chi connectivity index (χ0n) is 29.1. The second-order valence-electron chi connectivity index (χ2n) is 15.2. The number of hydrogen-bond donors (Lipinski definition) is 1. The van der Waals surface area contributed by atoms with Crippen molar-refractivity contribution in [3.63, 3.8) is 0 Å². The summed E-state index contributed by atoms with van der Waals surface area (Å²) >= 11 is 6.21. The topological polar surface area (TPSA) is 74.2 Å². The fourth-order valence-electron chi connectivity index (χ4n) is 4.81. The number of rotatable bonds is 15. The second-order valence-corrected chi connectivity index (χ2v) is 25.1. The molecule has 1 fully saturated rings. The summed E-state index contributed by atoms with van der Waals surface area (Å²) in [5.41, 5.74) is 0. The van der Waals surface area contributed by atoms with E-state index < -0.39 is 22.7 Å². The molecule has 9 heteroatoms. The number of methoxy groups -OCH3 is 1. The first kappa shape index (κ1) is 38.8. The Morgan fingerprint density at radius 2 is 1.68 bits per heavy atom. The first-order valence-corrected chi connectivity index (χ1v) is 22.3. The first-order chi connectivity index (χ1) is 20.3. The van der Waals surface area contributed by atoms with Gasteiger partial charge in [0, 0.05) is 23.3 Å². The standard InChI is InChI=1S/C35H59ClO6Si2/c1-34(2,3)43(8,9)41-28(25-40-27-18-16-17-26(36)23-27)21-22-30-29(19-14-12-13-15-20-33(38)39-7)31(37)24-32(30)42-44(10,11)35(4,5)6/h14,16-19,21-23,28-32,37H,12-13,15,20,24-25H2,1-11H3/b19-14-,22-21+/t28-,29-,30-,31-,32-/m1/s1. The number of allylic oxidation sites excluding steroid dienone is 1. The predicted molar refractivity (Wildman–Crippen MR) is 187 cm³/mol. The van der Waals surface area contributed by atoms with Crippen molar-refractivity contribution in [2.75, 3.05) is 13.7 Å². The highest BCUT2D eigenvalue weighted by atomic mass is 35.5. The molecule has 0 bridgehead atoms. The number of carbonyl (C=O) groups is 1. The van der Waals surface area contributed by atoms with Gasteiger partial charge in [-0.2, -0.15) is 0 Å². The van der Waals surface area contributed by atoms with Crippen LogP contribution >= 0.6 is 11.6 Å². The molecule has 1 aliphatic rings. The maximum absolute atomic E-state index is 11.5. The Morgan fingerprint density at radius 3 is 2.27 bits per heavy atom. The average Bonchev–Trinajstić information content (AvgIpc) is 3.18. The molecule has 1 aromatic carbocycles. The van der Waals surface area contributed by atoms with Gasteiger partial charge in [-0.1, -0.05) is 83.5 Å². The third-order valence-electron chi connectivity index (χ3n) is 9.64. The van der Waals surface area contributed by atoms with Gasteiger partial charge in [0.1, 0.15) is 12.4 Å². The van der Waals surface area contributed by atoms with Crippen LogP contribution in [0.25, 0.3) is 0 Å². The Bertz CT molecular complexity index is 1110. The lowest BCUT2D eigenvalue weighted by atomic mass is 9.92. The molecule has 1 aromatic rings. The van der Waals surface area contributed by atoms with Gasteiger partial charge in [0.25, 0.3) is 0 Å². The van der Waals surface area contributed by atoms with Crippen molar-refractivity contribution < 1.29 is 28.2 Å². The Labute approximate surface area is 274 Å². The summed E-state index contributed by atoms with van der Waals surface area (Å²) in [6, 6.07) is 7.43. The maximum Gasteiger partial charge on any atom is 0.305 e. The Balaban J connectivity index is 2.35. The van der Waals surface area contributed by atoms with Crippen molar-refractivity contribution in [2.24, 2.45) is 11.8 Å². The molecule has 0 saturated heterocycles. The molecule has 5 atom stereocenters. The zero-order chi connectivity index (χ0) is 33.3. The summed E-state index contributed by atoms with van der Waals surface area (Å²) < 4.78 is 24.8. The molecule has 0 aliphatic heterocycles. The Kier molecular flexibility index (Phi) is 14.5. The number of aliphatic hydroxyl groups is 1. The van der Waals surface area contributed by atoms with E-state index in [1.807, 2.05) is 24.3 Å². The quantitative estimate of drug-likeness (QED) is 0.0870. The molecule has 1 aliphatic carbocycles.